The molecule has 2 unspecified atom stereocenters. The lowest BCUT2D eigenvalue weighted by atomic mass is 9.94. The number of aromatic carboxylic acids is 1. The largest absolute Gasteiger partial charge is 0.478 e. The highest BCUT2D eigenvalue weighted by molar-refractivity contribution is 5.91. The van der Waals surface area contributed by atoms with Crippen molar-refractivity contribution in [1.82, 2.24) is 0 Å². The van der Waals surface area contributed by atoms with Gasteiger partial charge in [0, 0.05) is 0 Å². The van der Waals surface area contributed by atoms with Gasteiger partial charge in [-0.25, -0.2) is 4.79 Å². The molecule has 0 bridgehead atoms. The Kier molecular flexibility index (Phi) is 4.62. The SMILES string of the molecule is Cc1cccc(C(O)C(O)CCN)c1C(=O)O. The van der Waals surface area contributed by atoms with E-state index in [9.17, 15) is 15.0 Å². The third kappa shape index (κ3) is 3.03. The van der Waals surface area contributed by atoms with E-state index in [0.29, 0.717) is 5.56 Å². The molecule has 0 aromatic heterocycles. The first-order valence-corrected chi connectivity index (χ1v) is 5.38. The number of benzene rings is 1. The molecule has 5 nitrogen and oxygen atoms in total. The smallest absolute Gasteiger partial charge is 0.336 e. The van der Waals surface area contributed by atoms with Gasteiger partial charge in [0.1, 0.15) is 6.10 Å². The average Bonchev–Trinajstić information content (AvgIpc) is 2.27. The Balaban J connectivity index is 3.13. The Hall–Kier alpha value is -1.43. The monoisotopic (exact) mass is 239 g/mol. The second-order valence-electron chi connectivity index (χ2n) is 3.93. The van der Waals surface area contributed by atoms with Gasteiger partial charge >= 0.3 is 5.97 Å². The summed E-state index contributed by atoms with van der Waals surface area (Å²) in [6.45, 7) is 1.88. The van der Waals surface area contributed by atoms with Crippen molar-refractivity contribution >= 4 is 5.97 Å². The number of aliphatic hydroxyl groups is 2. The lowest BCUT2D eigenvalue weighted by molar-refractivity contribution is 0.0140. The van der Waals surface area contributed by atoms with Crippen molar-refractivity contribution < 1.29 is 20.1 Å². The minimum Gasteiger partial charge on any atom is -0.478 e. The molecule has 1 rings (SSSR count). The maximum Gasteiger partial charge on any atom is 0.336 e. The molecule has 0 saturated heterocycles. The molecule has 1 aromatic carbocycles. The molecule has 5 heteroatoms. The summed E-state index contributed by atoms with van der Waals surface area (Å²) in [5, 5.41) is 28.6. The summed E-state index contributed by atoms with van der Waals surface area (Å²) in [6, 6.07) is 4.80. The standard InChI is InChI=1S/C12H17NO4/c1-7-3-2-4-8(10(7)12(16)17)11(15)9(14)5-6-13/h2-4,9,11,14-15H,5-6,13H2,1H3,(H,16,17). The van der Waals surface area contributed by atoms with Gasteiger partial charge in [-0.3, -0.25) is 0 Å². The fraction of sp³-hybridized carbons (Fsp3) is 0.417. The van der Waals surface area contributed by atoms with E-state index in [0.717, 1.165) is 0 Å². The summed E-state index contributed by atoms with van der Waals surface area (Å²) in [5.41, 5.74) is 6.09. The first-order chi connectivity index (χ1) is 7.99. The van der Waals surface area contributed by atoms with Crippen LogP contribution in [0.3, 0.4) is 0 Å². The summed E-state index contributed by atoms with van der Waals surface area (Å²) in [5.74, 6) is -1.11. The van der Waals surface area contributed by atoms with Gasteiger partial charge in [0.05, 0.1) is 11.7 Å². The van der Waals surface area contributed by atoms with Crippen LogP contribution in [-0.4, -0.2) is 33.9 Å². The summed E-state index contributed by atoms with van der Waals surface area (Å²) < 4.78 is 0. The van der Waals surface area contributed by atoms with Gasteiger partial charge in [-0.1, -0.05) is 18.2 Å². The quantitative estimate of drug-likeness (QED) is 0.596. The number of hydrogen-bond acceptors (Lipinski definition) is 4. The lowest BCUT2D eigenvalue weighted by Gasteiger charge is -2.20. The number of aryl methyl sites for hydroxylation is 1. The predicted molar refractivity (Wildman–Crippen MR) is 62.8 cm³/mol. The molecular formula is C12H17NO4. The fourth-order valence-corrected chi connectivity index (χ4v) is 1.76. The first kappa shape index (κ1) is 13.6. The van der Waals surface area contributed by atoms with Crippen molar-refractivity contribution in [1.29, 1.82) is 0 Å². The van der Waals surface area contributed by atoms with Crippen LogP contribution in [0.2, 0.25) is 0 Å². The molecule has 1 aromatic rings. The van der Waals surface area contributed by atoms with Crippen LogP contribution >= 0.6 is 0 Å². The van der Waals surface area contributed by atoms with Crippen LogP contribution in [-0.2, 0) is 0 Å². The highest BCUT2D eigenvalue weighted by Gasteiger charge is 2.24. The topological polar surface area (TPSA) is 104 Å². The fourth-order valence-electron chi connectivity index (χ4n) is 1.76. The van der Waals surface area contributed by atoms with Crippen LogP contribution in [0.15, 0.2) is 18.2 Å². The third-order valence-electron chi connectivity index (χ3n) is 2.66. The van der Waals surface area contributed by atoms with E-state index >= 15 is 0 Å². The van der Waals surface area contributed by atoms with E-state index in [2.05, 4.69) is 0 Å². The van der Waals surface area contributed by atoms with E-state index in [1.54, 1.807) is 19.1 Å². The number of carbonyl (C=O) groups is 1. The van der Waals surface area contributed by atoms with Crippen LogP contribution in [0.4, 0.5) is 0 Å². The molecule has 0 spiro atoms. The van der Waals surface area contributed by atoms with Gasteiger partial charge in [-0.2, -0.15) is 0 Å². The van der Waals surface area contributed by atoms with Crippen LogP contribution in [0.5, 0.6) is 0 Å². The second-order valence-corrected chi connectivity index (χ2v) is 3.93. The van der Waals surface area contributed by atoms with Gasteiger partial charge in [0.2, 0.25) is 0 Å². The number of hydrogen-bond donors (Lipinski definition) is 4. The third-order valence-corrected chi connectivity index (χ3v) is 2.66. The molecule has 0 fully saturated rings. The van der Waals surface area contributed by atoms with Gasteiger partial charge in [-0.15, -0.1) is 0 Å². The Morgan fingerprint density at radius 2 is 2.06 bits per heavy atom. The minimum absolute atomic E-state index is 0.0380. The Bertz CT molecular complexity index is 405. The Morgan fingerprint density at radius 1 is 1.41 bits per heavy atom. The molecule has 0 aliphatic heterocycles. The molecule has 2 atom stereocenters. The van der Waals surface area contributed by atoms with E-state index in [1.807, 2.05) is 0 Å². The highest BCUT2D eigenvalue weighted by atomic mass is 16.4. The number of carboxylic acids is 1. The number of carboxylic acid groups (broad SMARTS) is 1. The van der Waals surface area contributed by atoms with Crippen molar-refractivity contribution in [2.24, 2.45) is 5.73 Å². The van der Waals surface area contributed by atoms with Gasteiger partial charge in [0.25, 0.3) is 0 Å². The molecule has 0 heterocycles. The maximum absolute atomic E-state index is 11.1. The van der Waals surface area contributed by atoms with Gasteiger partial charge in [-0.05, 0) is 31.0 Å². The summed E-state index contributed by atoms with van der Waals surface area (Å²) >= 11 is 0. The molecular weight excluding hydrogens is 222 g/mol. The molecule has 0 saturated carbocycles. The van der Waals surface area contributed by atoms with Crippen molar-refractivity contribution in [3.63, 3.8) is 0 Å². The lowest BCUT2D eigenvalue weighted by Crippen LogP contribution is -2.23. The van der Waals surface area contributed by atoms with E-state index in [4.69, 9.17) is 10.8 Å². The molecule has 0 aliphatic rings. The van der Waals surface area contributed by atoms with E-state index < -0.39 is 18.2 Å². The number of rotatable bonds is 5. The minimum atomic E-state index is -1.23. The normalized spacial score (nSPS) is 14.4. The van der Waals surface area contributed by atoms with Crippen molar-refractivity contribution in [3.05, 3.63) is 34.9 Å². The second kappa shape index (κ2) is 5.77. The summed E-state index contributed by atoms with van der Waals surface area (Å²) in [6.07, 6.45) is -2.07. The average molecular weight is 239 g/mol. The molecule has 94 valence electrons. The van der Waals surface area contributed by atoms with Gasteiger partial charge in [0.15, 0.2) is 0 Å². The van der Waals surface area contributed by atoms with E-state index in [-0.39, 0.29) is 24.1 Å². The zero-order valence-electron chi connectivity index (χ0n) is 9.63. The van der Waals surface area contributed by atoms with Gasteiger partial charge < -0.3 is 21.1 Å². The molecule has 0 aliphatic carbocycles. The van der Waals surface area contributed by atoms with Crippen molar-refractivity contribution in [2.75, 3.05) is 6.54 Å². The molecule has 17 heavy (non-hydrogen) atoms. The zero-order chi connectivity index (χ0) is 13.0. The van der Waals surface area contributed by atoms with Crippen LogP contribution in [0, 0.1) is 6.92 Å². The Morgan fingerprint density at radius 3 is 2.59 bits per heavy atom. The zero-order valence-corrected chi connectivity index (χ0v) is 9.63. The molecule has 0 radical (unpaired) electrons. The van der Waals surface area contributed by atoms with Crippen molar-refractivity contribution in [2.45, 2.75) is 25.6 Å². The van der Waals surface area contributed by atoms with Crippen LogP contribution in [0.25, 0.3) is 0 Å². The van der Waals surface area contributed by atoms with Crippen LogP contribution < -0.4 is 5.73 Å². The van der Waals surface area contributed by atoms with Crippen LogP contribution in [0.1, 0.15) is 34.0 Å². The van der Waals surface area contributed by atoms with E-state index in [1.165, 1.54) is 6.07 Å². The highest BCUT2D eigenvalue weighted by Crippen LogP contribution is 2.24. The number of nitrogens with two attached hydrogens (primary N) is 1. The summed E-state index contributed by atoms with van der Waals surface area (Å²) in [7, 11) is 0. The van der Waals surface area contributed by atoms with Crippen molar-refractivity contribution in [3.8, 4) is 0 Å². The summed E-state index contributed by atoms with van der Waals surface area (Å²) in [4.78, 5) is 11.1. The Labute approximate surface area is 99.5 Å². The first-order valence-electron chi connectivity index (χ1n) is 5.38. The number of aliphatic hydroxyl groups excluding tert-OH is 2. The molecule has 5 N–H and O–H groups in total. The molecule has 0 amide bonds. The predicted octanol–water partition coefficient (Wildman–Crippen LogP) is 0.436. The maximum atomic E-state index is 11.1.